The van der Waals surface area contributed by atoms with E-state index in [9.17, 15) is 39.9 Å². The Balaban J connectivity index is 6.00. The molecule has 0 aromatic heterocycles. The van der Waals surface area contributed by atoms with Crippen molar-refractivity contribution in [3.05, 3.63) is 0 Å². The van der Waals surface area contributed by atoms with Gasteiger partial charge in [0.1, 0.15) is 0 Å². The summed E-state index contributed by atoms with van der Waals surface area (Å²) in [6, 6.07) is 0. The standard InChI is InChI=1S/C6H8F8N4O2/c7-1(8)3(9,10)5(11,12)6(13,14)4(20,18-16)2(19)17-15/h1,18,20H,15-16H2,(H,17,19). The van der Waals surface area contributed by atoms with Crippen LogP contribution in [0.15, 0.2) is 0 Å². The lowest BCUT2D eigenvalue weighted by molar-refractivity contribution is -0.372. The highest BCUT2D eigenvalue weighted by Crippen LogP contribution is 2.51. The smallest absolute Gasteiger partial charge is 0.362 e. The Bertz CT molecular complexity index is 378. The van der Waals surface area contributed by atoms with Gasteiger partial charge in [-0.1, -0.05) is 0 Å². The lowest BCUT2D eigenvalue weighted by atomic mass is 9.94. The zero-order valence-electron chi connectivity index (χ0n) is 9.11. The normalized spacial score (nSPS) is 17.0. The van der Waals surface area contributed by atoms with Gasteiger partial charge in [-0.3, -0.25) is 16.1 Å². The van der Waals surface area contributed by atoms with Crippen molar-refractivity contribution in [2.45, 2.75) is 29.9 Å². The second-order valence-corrected chi connectivity index (χ2v) is 3.40. The van der Waals surface area contributed by atoms with Crippen LogP contribution in [-0.4, -0.2) is 40.9 Å². The Morgan fingerprint density at radius 3 is 1.65 bits per heavy atom. The molecule has 0 aliphatic carbocycles. The first-order chi connectivity index (χ1) is 8.74. The number of hydrazine groups is 2. The zero-order valence-corrected chi connectivity index (χ0v) is 9.11. The average molecular weight is 320 g/mol. The van der Waals surface area contributed by atoms with Gasteiger partial charge < -0.3 is 5.11 Å². The van der Waals surface area contributed by atoms with Crippen LogP contribution in [0.4, 0.5) is 35.1 Å². The largest absolute Gasteiger partial charge is 0.382 e. The first-order valence-electron chi connectivity index (χ1n) is 4.36. The van der Waals surface area contributed by atoms with E-state index in [4.69, 9.17) is 5.11 Å². The van der Waals surface area contributed by atoms with Crippen molar-refractivity contribution in [2.75, 3.05) is 0 Å². The molecule has 0 radical (unpaired) electrons. The number of hydrogen-bond acceptors (Lipinski definition) is 5. The number of nitrogens with two attached hydrogens (primary N) is 2. The van der Waals surface area contributed by atoms with Crippen molar-refractivity contribution in [3.63, 3.8) is 0 Å². The lowest BCUT2D eigenvalue weighted by Gasteiger charge is -2.39. The quantitative estimate of drug-likeness (QED) is 0.146. The predicted octanol–water partition coefficient (Wildman–Crippen LogP) is -0.701. The SMILES string of the molecule is NNC(=O)C(O)(NN)C(F)(F)C(F)(F)C(F)(F)C(F)F. The Morgan fingerprint density at radius 2 is 1.40 bits per heavy atom. The van der Waals surface area contributed by atoms with E-state index in [2.05, 4.69) is 11.7 Å². The summed E-state index contributed by atoms with van der Waals surface area (Å²) in [5.74, 6) is -13.9. The molecule has 0 aliphatic heterocycles. The highest BCUT2D eigenvalue weighted by atomic mass is 19.4. The van der Waals surface area contributed by atoms with E-state index in [0.717, 1.165) is 5.43 Å². The summed E-state index contributed by atoms with van der Waals surface area (Å²) < 4.78 is 101. The third kappa shape index (κ3) is 2.27. The molecule has 1 atom stereocenters. The van der Waals surface area contributed by atoms with Crippen LogP contribution in [0.2, 0.25) is 0 Å². The van der Waals surface area contributed by atoms with Gasteiger partial charge in [0, 0.05) is 0 Å². The molecule has 6 nitrogen and oxygen atoms in total. The summed E-state index contributed by atoms with van der Waals surface area (Å²) in [6.07, 6.45) is -5.22. The van der Waals surface area contributed by atoms with Gasteiger partial charge in [0.05, 0.1) is 0 Å². The molecule has 0 saturated carbocycles. The number of amides is 1. The first-order valence-corrected chi connectivity index (χ1v) is 4.36. The minimum atomic E-state index is -6.85. The monoisotopic (exact) mass is 320 g/mol. The number of carbonyl (C=O) groups is 1. The zero-order chi connectivity index (χ0) is 16.6. The summed E-state index contributed by atoms with van der Waals surface area (Å²) in [5, 5.41) is 8.96. The first kappa shape index (κ1) is 18.8. The number of nitrogens with one attached hydrogen (secondary N) is 2. The predicted molar refractivity (Wildman–Crippen MR) is 45.4 cm³/mol. The van der Waals surface area contributed by atoms with Gasteiger partial charge in [-0.25, -0.2) is 20.0 Å². The van der Waals surface area contributed by atoms with Crippen LogP contribution in [-0.2, 0) is 4.79 Å². The van der Waals surface area contributed by atoms with Gasteiger partial charge >= 0.3 is 24.2 Å². The van der Waals surface area contributed by atoms with Gasteiger partial charge in [-0.2, -0.15) is 26.3 Å². The molecule has 1 unspecified atom stereocenters. The number of carbonyl (C=O) groups excluding carboxylic acids is 1. The molecule has 0 fully saturated rings. The van der Waals surface area contributed by atoms with Crippen LogP contribution in [0.1, 0.15) is 0 Å². The molecule has 0 rings (SSSR count). The molecule has 0 heterocycles. The molecule has 20 heavy (non-hydrogen) atoms. The molecule has 14 heteroatoms. The van der Waals surface area contributed by atoms with Gasteiger partial charge in [0.2, 0.25) is 0 Å². The maximum atomic E-state index is 13.3. The van der Waals surface area contributed by atoms with Crippen molar-refractivity contribution < 1.29 is 45.0 Å². The van der Waals surface area contributed by atoms with E-state index in [1.165, 1.54) is 0 Å². The van der Waals surface area contributed by atoms with Crippen molar-refractivity contribution in [2.24, 2.45) is 11.7 Å². The molecule has 0 saturated heterocycles. The molecule has 120 valence electrons. The van der Waals surface area contributed by atoms with Gasteiger partial charge in [-0.15, -0.1) is 0 Å². The Labute approximate surface area is 105 Å². The molecule has 0 aromatic carbocycles. The molecule has 0 aromatic rings. The van der Waals surface area contributed by atoms with Gasteiger partial charge in [-0.05, 0) is 0 Å². The average Bonchev–Trinajstić information content (AvgIpc) is 2.35. The van der Waals surface area contributed by atoms with Crippen LogP contribution in [0.5, 0.6) is 0 Å². The van der Waals surface area contributed by atoms with Crippen molar-refractivity contribution in [3.8, 4) is 0 Å². The van der Waals surface area contributed by atoms with Crippen LogP contribution >= 0.6 is 0 Å². The molecular formula is C6H8F8N4O2. The molecule has 7 N–H and O–H groups in total. The van der Waals surface area contributed by atoms with Gasteiger partial charge in [0.15, 0.2) is 0 Å². The van der Waals surface area contributed by atoms with Crippen LogP contribution < -0.4 is 22.5 Å². The molecule has 1 amide bonds. The van der Waals surface area contributed by atoms with E-state index in [1.54, 1.807) is 0 Å². The fraction of sp³-hybridized carbons (Fsp3) is 0.833. The minimum absolute atomic E-state index is 0.442. The third-order valence-corrected chi connectivity index (χ3v) is 2.21. The fourth-order valence-electron chi connectivity index (χ4n) is 0.977. The van der Waals surface area contributed by atoms with E-state index in [0.29, 0.717) is 5.43 Å². The second-order valence-electron chi connectivity index (χ2n) is 3.40. The molecule has 0 aliphatic rings. The summed E-state index contributed by atoms with van der Waals surface area (Å²) >= 11 is 0. The number of alkyl halides is 8. The van der Waals surface area contributed by atoms with E-state index < -0.39 is 35.8 Å². The Morgan fingerprint density at radius 1 is 1.00 bits per heavy atom. The third-order valence-electron chi connectivity index (χ3n) is 2.21. The highest BCUT2D eigenvalue weighted by Gasteiger charge is 2.82. The Hall–Kier alpha value is -1.25. The van der Waals surface area contributed by atoms with Gasteiger partial charge in [0.25, 0.3) is 11.6 Å². The van der Waals surface area contributed by atoms with Crippen molar-refractivity contribution in [1.82, 2.24) is 10.9 Å². The number of halogens is 8. The van der Waals surface area contributed by atoms with Crippen LogP contribution in [0, 0.1) is 0 Å². The number of hydrogen-bond donors (Lipinski definition) is 5. The van der Waals surface area contributed by atoms with E-state index >= 15 is 0 Å². The topological polar surface area (TPSA) is 113 Å². The Kier molecular flexibility index (Phi) is 4.94. The summed E-state index contributed by atoms with van der Waals surface area (Å²) in [6.45, 7) is 0. The minimum Gasteiger partial charge on any atom is -0.362 e. The van der Waals surface area contributed by atoms with Crippen molar-refractivity contribution in [1.29, 1.82) is 0 Å². The van der Waals surface area contributed by atoms with E-state index in [-0.39, 0.29) is 0 Å². The summed E-state index contributed by atoms with van der Waals surface area (Å²) in [7, 11) is 0. The van der Waals surface area contributed by atoms with Crippen molar-refractivity contribution >= 4 is 5.91 Å². The fourth-order valence-corrected chi connectivity index (χ4v) is 0.977. The maximum Gasteiger partial charge on any atom is 0.382 e. The summed E-state index contributed by atoms with van der Waals surface area (Å²) in [4.78, 5) is 10.8. The van der Waals surface area contributed by atoms with Crippen LogP contribution in [0.25, 0.3) is 0 Å². The van der Waals surface area contributed by atoms with E-state index in [1.807, 2.05) is 0 Å². The highest BCUT2D eigenvalue weighted by molar-refractivity contribution is 5.85. The van der Waals surface area contributed by atoms with Crippen LogP contribution in [0.3, 0.4) is 0 Å². The maximum absolute atomic E-state index is 13.3. The second kappa shape index (κ2) is 5.27. The number of rotatable bonds is 6. The lowest BCUT2D eigenvalue weighted by Crippen LogP contribution is -2.77. The summed E-state index contributed by atoms with van der Waals surface area (Å²) in [5.41, 5.74) is -3.69. The number of aliphatic hydroxyl groups is 1. The molecule has 0 bridgehead atoms. The molecular weight excluding hydrogens is 312 g/mol. The molecule has 0 spiro atoms.